The molecule has 0 saturated heterocycles. The van der Waals surface area contributed by atoms with E-state index in [-0.39, 0.29) is 12.2 Å². The second kappa shape index (κ2) is 6.00. The minimum absolute atomic E-state index is 0.238. The average Bonchev–Trinajstić information content (AvgIpc) is 2.41. The molecule has 0 bridgehead atoms. The van der Waals surface area contributed by atoms with Crippen LogP contribution in [-0.2, 0) is 11.3 Å². The van der Waals surface area contributed by atoms with Gasteiger partial charge in [-0.2, -0.15) is 0 Å². The Kier molecular flexibility index (Phi) is 4.13. The number of carbonyl (C=O) groups excluding carboxylic acids is 1. The number of aryl methyl sites for hydroxylation is 1. The Labute approximate surface area is 120 Å². The van der Waals surface area contributed by atoms with E-state index in [4.69, 9.17) is 0 Å². The van der Waals surface area contributed by atoms with Gasteiger partial charge in [-0.3, -0.25) is 24.3 Å². The lowest BCUT2D eigenvalue weighted by atomic mass is 10.2. The zero-order chi connectivity index (χ0) is 15.4. The highest BCUT2D eigenvalue weighted by Crippen LogP contribution is 2.10. The largest absolute Gasteiger partial charge is 0.325 e. The van der Waals surface area contributed by atoms with Gasteiger partial charge < -0.3 is 5.32 Å². The summed E-state index contributed by atoms with van der Waals surface area (Å²) in [6.45, 7) is 1.61. The van der Waals surface area contributed by atoms with Crippen LogP contribution >= 0.6 is 0 Å². The number of amides is 1. The van der Waals surface area contributed by atoms with Crippen molar-refractivity contribution in [3.63, 3.8) is 0 Å². The third-order valence-corrected chi connectivity index (χ3v) is 2.79. The van der Waals surface area contributed by atoms with E-state index in [0.29, 0.717) is 5.69 Å². The molecule has 7 nitrogen and oxygen atoms in total. The quantitative estimate of drug-likeness (QED) is 0.684. The van der Waals surface area contributed by atoms with Crippen LogP contribution in [0.3, 0.4) is 0 Å². The number of nitrogens with one attached hydrogen (secondary N) is 1. The number of anilines is 1. The van der Waals surface area contributed by atoms with Crippen LogP contribution in [0, 0.1) is 17.0 Å². The third-order valence-electron chi connectivity index (χ3n) is 2.79. The van der Waals surface area contributed by atoms with Gasteiger partial charge >= 0.3 is 0 Å². The molecule has 0 atom stereocenters. The van der Waals surface area contributed by atoms with E-state index in [0.717, 1.165) is 28.5 Å². The van der Waals surface area contributed by atoms with Crippen molar-refractivity contribution in [1.29, 1.82) is 0 Å². The second-order valence-corrected chi connectivity index (χ2v) is 4.53. The number of hydrogen-bond acceptors (Lipinski definition) is 4. The van der Waals surface area contributed by atoms with Gasteiger partial charge in [0.25, 0.3) is 11.2 Å². The highest BCUT2D eigenvalue weighted by Gasteiger charge is 2.10. The smallest absolute Gasteiger partial charge is 0.285 e. The van der Waals surface area contributed by atoms with Gasteiger partial charge in [0.2, 0.25) is 5.91 Å². The van der Waals surface area contributed by atoms with Crippen molar-refractivity contribution >= 4 is 17.3 Å². The van der Waals surface area contributed by atoms with Gasteiger partial charge in [0.15, 0.2) is 0 Å². The fourth-order valence-corrected chi connectivity index (χ4v) is 1.83. The van der Waals surface area contributed by atoms with Gasteiger partial charge in [-0.15, -0.1) is 0 Å². The van der Waals surface area contributed by atoms with Crippen molar-refractivity contribution in [2.75, 3.05) is 5.32 Å². The first-order valence-corrected chi connectivity index (χ1v) is 6.17. The molecule has 0 aliphatic heterocycles. The highest BCUT2D eigenvalue weighted by atomic mass is 16.6. The van der Waals surface area contributed by atoms with Gasteiger partial charge in [0, 0.05) is 17.8 Å². The van der Waals surface area contributed by atoms with E-state index in [1.165, 1.54) is 0 Å². The van der Waals surface area contributed by atoms with Gasteiger partial charge in [0.05, 0.1) is 11.1 Å². The summed E-state index contributed by atoms with van der Waals surface area (Å²) in [6.07, 6.45) is 1.05. The van der Waals surface area contributed by atoms with Crippen LogP contribution in [0.2, 0.25) is 0 Å². The molecule has 0 fully saturated rings. The summed E-state index contributed by atoms with van der Waals surface area (Å²) in [6, 6.07) is 9.37. The van der Waals surface area contributed by atoms with E-state index in [1.54, 1.807) is 18.2 Å². The van der Waals surface area contributed by atoms with Gasteiger partial charge in [-0.05, 0) is 24.6 Å². The lowest BCUT2D eigenvalue weighted by molar-refractivity contribution is -0.385. The predicted molar refractivity (Wildman–Crippen MR) is 77.2 cm³/mol. The molecule has 0 radical (unpaired) electrons. The summed E-state index contributed by atoms with van der Waals surface area (Å²) in [5.74, 6) is -0.428. The van der Waals surface area contributed by atoms with Crippen molar-refractivity contribution in [2.24, 2.45) is 0 Å². The fourth-order valence-electron chi connectivity index (χ4n) is 1.83. The molecule has 0 saturated carbocycles. The molecule has 108 valence electrons. The molecule has 1 aromatic carbocycles. The third kappa shape index (κ3) is 3.75. The van der Waals surface area contributed by atoms with Crippen LogP contribution in [0.5, 0.6) is 0 Å². The van der Waals surface area contributed by atoms with E-state index in [2.05, 4.69) is 5.32 Å². The minimum Gasteiger partial charge on any atom is -0.325 e. The first-order valence-electron chi connectivity index (χ1n) is 6.17. The monoisotopic (exact) mass is 287 g/mol. The van der Waals surface area contributed by atoms with Gasteiger partial charge in [-0.1, -0.05) is 12.1 Å². The second-order valence-electron chi connectivity index (χ2n) is 4.53. The number of rotatable bonds is 4. The van der Waals surface area contributed by atoms with Crippen molar-refractivity contribution in [3.05, 3.63) is 68.6 Å². The first kappa shape index (κ1) is 14.4. The Morgan fingerprint density at radius 1 is 1.33 bits per heavy atom. The molecular weight excluding hydrogens is 274 g/mol. The number of pyridine rings is 1. The molecule has 7 heteroatoms. The highest BCUT2D eigenvalue weighted by molar-refractivity contribution is 5.90. The number of aromatic nitrogens is 1. The van der Waals surface area contributed by atoms with Crippen molar-refractivity contribution < 1.29 is 9.72 Å². The number of carbonyl (C=O) groups is 1. The number of nitrogens with zero attached hydrogens (tertiary/aromatic N) is 2. The van der Waals surface area contributed by atoms with Crippen molar-refractivity contribution in [1.82, 2.24) is 4.57 Å². The van der Waals surface area contributed by atoms with E-state index in [9.17, 15) is 19.7 Å². The zero-order valence-corrected chi connectivity index (χ0v) is 11.3. The maximum absolute atomic E-state index is 11.9. The molecule has 0 aliphatic carbocycles. The summed E-state index contributed by atoms with van der Waals surface area (Å²) in [5, 5.41) is 13.3. The predicted octanol–water partition coefficient (Wildman–Crippen LogP) is 1.70. The van der Waals surface area contributed by atoms with E-state index >= 15 is 0 Å². The lowest BCUT2D eigenvalue weighted by Gasteiger charge is -2.07. The van der Waals surface area contributed by atoms with Crippen LogP contribution in [0.25, 0.3) is 0 Å². The molecule has 0 spiro atoms. The fraction of sp³-hybridized carbons (Fsp3) is 0.143. The average molecular weight is 287 g/mol. The van der Waals surface area contributed by atoms with Crippen LogP contribution in [0.1, 0.15) is 5.56 Å². The summed E-state index contributed by atoms with van der Waals surface area (Å²) in [4.78, 5) is 33.5. The molecule has 1 amide bonds. The lowest BCUT2D eigenvalue weighted by Crippen LogP contribution is -2.26. The molecular formula is C14H13N3O4. The minimum atomic E-state index is -0.617. The summed E-state index contributed by atoms with van der Waals surface area (Å²) < 4.78 is 1.00. The molecule has 21 heavy (non-hydrogen) atoms. The maximum Gasteiger partial charge on any atom is 0.285 e. The van der Waals surface area contributed by atoms with Crippen molar-refractivity contribution in [3.8, 4) is 0 Å². The summed E-state index contributed by atoms with van der Waals surface area (Å²) >= 11 is 0. The molecule has 2 rings (SSSR count). The topological polar surface area (TPSA) is 94.2 Å². The van der Waals surface area contributed by atoms with Gasteiger partial charge in [0.1, 0.15) is 6.54 Å². The van der Waals surface area contributed by atoms with E-state index in [1.807, 2.05) is 13.0 Å². The Morgan fingerprint density at radius 2 is 2.10 bits per heavy atom. The molecule has 1 aromatic heterocycles. The normalized spacial score (nSPS) is 10.1. The van der Waals surface area contributed by atoms with Gasteiger partial charge in [-0.25, -0.2) is 0 Å². The van der Waals surface area contributed by atoms with Crippen LogP contribution in [0.4, 0.5) is 11.4 Å². The standard InChI is InChI=1S/C14H13N3O4/c1-10-3-2-4-11(7-10)15-13(18)9-16-8-12(17(20)21)5-6-14(16)19/h2-8H,9H2,1H3,(H,15,18). The SMILES string of the molecule is Cc1cccc(NC(=O)Cn2cc([N+](=O)[O-])ccc2=O)c1. The van der Waals surface area contributed by atoms with Crippen LogP contribution < -0.4 is 10.9 Å². The summed E-state index contributed by atoms with van der Waals surface area (Å²) in [7, 11) is 0. The number of benzene rings is 1. The number of nitro groups is 1. The van der Waals surface area contributed by atoms with Crippen LogP contribution in [-0.4, -0.2) is 15.4 Å². The Balaban J connectivity index is 2.14. The molecule has 1 heterocycles. The van der Waals surface area contributed by atoms with Crippen LogP contribution in [0.15, 0.2) is 47.4 Å². The molecule has 2 aromatic rings. The zero-order valence-electron chi connectivity index (χ0n) is 11.3. The van der Waals surface area contributed by atoms with Crippen molar-refractivity contribution in [2.45, 2.75) is 13.5 Å². The van der Waals surface area contributed by atoms with E-state index < -0.39 is 16.4 Å². The Bertz CT molecular complexity index is 752. The Morgan fingerprint density at radius 3 is 2.76 bits per heavy atom. The molecule has 0 aliphatic rings. The number of hydrogen-bond donors (Lipinski definition) is 1. The maximum atomic E-state index is 11.9. The molecule has 0 unspecified atom stereocenters. The molecule has 1 N–H and O–H groups in total. The summed E-state index contributed by atoms with van der Waals surface area (Å²) in [5.41, 5.74) is 0.886. The first-order chi connectivity index (χ1) is 9.95. The Hall–Kier alpha value is -2.96.